The Morgan fingerprint density at radius 1 is 1.57 bits per heavy atom. The molecule has 1 aromatic heterocycles. The van der Waals surface area contributed by atoms with Crippen molar-refractivity contribution in [1.29, 1.82) is 0 Å². The first-order chi connectivity index (χ1) is 6.88. The Morgan fingerprint density at radius 2 is 2.50 bits per heavy atom. The third kappa shape index (κ3) is 1.99. The summed E-state index contributed by atoms with van der Waals surface area (Å²) in [6, 6.07) is 3.65. The first-order valence-electron chi connectivity index (χ1n) is 5.03. The molecule has 0 radical (unpaired) electrons. The highest BCUT2D eigenvalue weighted by molar-refractivity contribution is 5.97. The van der Waals surface area contributed by atoms with Crippen LogP contribution in [0.25, 0.3) is 0 Å². The van der Waals surface area contributed by atoms with E-state index >= 15 is 0 Å². The highest BCUT2D eigenvalue weighted by atomic mass is 16.1. The molecule has 0 bridgehead atoms. The zero-order valence-corrected chi connectivity index (χ0v) is 8.07. The molecule has 1 aromatic rings. The molecule has 0 saturated carbocycles. The lowest BCUT2D eigenvalue weighted by molar-refractivity contribution is 0.0899. The van der Waals surface area contributed by atoms with Gasteiger partial charge in [-0.15, -0.1) is 0 Å². The maximum Gasteiger partial charge on any atom is 0.168 e. The molecule has 1 N–H and O–H groups in total. The van der Waals surface area contributed by atoms with Gasteiger partial charge in [-0.3, -0.25) is 9.78 Å². The molecule has 0 unspecified atom stereocenters. The number of pyridine rings is 1. The Bertz CT molecular complexity index is 304. The van der Waals surface area contributed by atoms with Gasteiger partial charge in [0, 0.05) is 30.4 Å². The van der Waals surface area contributed by atoms with Crippen molar-refractivity contribution in [3.05, 3.63) is 30.1 Å². The fourth-order valence-electron chi connectivity index (χ4n) is 1.82. The molecule has 1 aliphatic heterocycles. The number of hydrogen-bond donors (Lipinski definition) is 1. The van der Waals surface area contributed by atoms with E-state index < -0.39 is 0 Å². The summed E-state index contributed by atoms with van der Waals surface area (Å²) in [5.74, 6) is 0.373. The molecule has 0 spiro atoms. The van der Waals surface area contributed by atoms with Crippen molar-refractivity contribution in [2.24, 2.45) is 5.92 Å². The van der Waals surface area contributed by atoms with E-state index in [1.807, 2.05) is 12.1 Å². The SMILES string of the molecule is O=C(c1cccnc1)[C@@H]1CCCNC1. The topological polar surface area (TPSA) is 42.0 Å². The van der Waals surface area contributed by atoms with E-state index in [0.717, 1.165) is 31.5 Å². The van der Waals surface area contributed by atoms with Crippen LogP contribution in [0.4, 0.5) is 0 Å². The summed E-state index contributed by atoms with van der Waals surface area (Å²) in [6.07, 6.45) is 5.43. The Hall–Kier alpha value is -1.22. The molecule has 0 amide bonds. The van der Waals surface area contributed by atoms with Crippen LogP contribution in [0.1, 0.15) is 23.2 Å². The van der Waals surface area contributed by atoms with Crippen molar-refractivity contribution < 1.29 is 4.79 Å². The van der Waals surface area contributed by atoms with E-state index in [0.29, 0.717) is 0 Å². The van der Waals surface area contributed by atoms with Gasteiger partial charge in [-0.1, -0.05) is 0 Å². The average Bonchev–Trinajstić information content (AvgIpc) is 2.30. The molecule has 2 rings (SSSR count). The maximum absolute atomic E-state index is 11.9. The van der Waals surface area contributed by atoms with Gasteiger partial charge in [0.2, 0.25) is 0 Å². The highest BCUT2D eigenvalue weighted by Gasteiger charge is 2.21. The average molecular weight is 190 g/mol. The van der Waals surface area contributed by atoms with Crippen molar-refractivity contribution in [2.45, 2.75) is 12.8 Å². The van der Waals surface area contributed by atoms with Gasteiger partial charge in [-0.05, 0) is 31.5 Å². The Morgan fingerprint density at radius 3 is 3.14 bits per heavy atom. The number of nitrogens with zero attached hydrogens (tertiary/aromatic N) is 1. The molecule has 2 heterocycles. The molecule has 3 heteroatoms. The second-order valence-electron chi connectivity index (χ2n) is 3.65. The van der Waals surface area contributed by atoms with Crippen LogP contribution in [0.2, 0.25) is 0 Å². The van der Waals surface area contributed by atoms with Gasteiger partial charge < -0.3 is 5.32 Å². The summed E-state index contributed by atoms with van der Waals surface area (Å²) >= 11 is 0. The molecule has 74 valence electrons. The Balaban J connectivity index is 2.07. The van der Waals surface area contributed by atoms with Gasteiger partial charge in [0.05, 0.1) is 0 Å². The fourth-order valence-corrected chi connectivity index (χ4v) is 1.82. The Kier molecular flexibility index (Phi) is 2.89. The number of carbonyl (C=O) groups is 1. The van der Waals surface area contributed by atoms with Crippen LogP contribution in [-0.2, 0) is 0 Å². The number of piperidine rings is 1. The van der Waals surface area contributed by atoms with Crippen molar-refractivity contribution >= 4 is 5.78 Å². The van der Waals surface area contributed by atoms with Gasteiger partial charge in [0.25, 0.3) is 0 Å². The van der Waals surface area contributed by atoms with Gasteiger partial charge in [-0.25, -0.2) is 0 Å². The summed E-state index contributed by atoms with van der Waals surface area (Å²) < 4.78 is 0. The molecule has 3 nitrogen and oxygen atoms in total. The van der Waals surface area contributed by atoms with Crippen molar-refractivity contribution in [1.82, 2.24) is 10.3 Å². The van der Waals surface area contributed by atoms with Gasteiger partial charge >= 0.3 is 0 Å². The van der Waals surface area contributed by atoms with Crippen LogP contribution in [0.3, 0.4) is 0 Å². The minimum Gasteiger partial charge on any atom is -0.316 e. The minimum atomic E-state index is 0.146. The number of hydrogen-bond acceptors (Lipinski definition) is 3. The van der Waals surface area contributed by atoms with Crippen LogP contribution in [0.15, 0.2) is 24.5 Å². The normalized spacial score (nSPS) is 21.9. The number of ketones is 1. The van der Waals surface area contributed by atoms with Crippen LogP contribution < -0.4 is 5.32 Å². The van der Waals surface area contributed by atoms with Crippen LogP contribution in [0.5, 0.6) is 0 Å². The fraction of sp³-hybridized carbons (Fsp3) is 0.455. The molecule has 0 aliphatic carbocycles. The second kappa shape index (κ2) is 4.33. The van der Waals surface area contributed by atoms with E-state index in [1.54, 1.807) is 12.4 Å². The smallest absolute Gasteiger partial charge is 0.168 e. The molecular formula is C11H14N2O. The molecular weight excluding hydrogens is 176 g/mol. The highest BCUT2D eigenvalue weighted by Crippen LogP contribution is 2.15. The van der Waals surface area contributed by atoms with Crippen molar-refractivity contribution in [3.8, 4) is 0 Å². The summed E-state index contributed by atoms with van der Waals surface area (Å²) in [6.45, 7) is 1.85. The first kappa shape index (κ1) is 9.34. The number of carbonyl (C=O) groups excluding carboxylic acids is 1. The zero-order valence-electron chi connectivity index (χ0n) is 8.07. The minimum absolute atomic E-state index is 0.146. The summed E-state index contributed by atoms with van der Waals surface area (Å²) in [7, 11) is 0. The van der Waals surface area contributed by atoms with Gasteiger partial charge in [-0.2, -0.15) is 0 Å². The summed E-state index contributed by atoms with van der Waals surface area (Å²) in [4.78, 5) is 15.9. The lowest BCUT2D eigenvalue weighted by atomic mass is 9.92. The summed E-state index contributed by atoms with van der Waals surface area (Å²) in [5, 5.41) is 3.24. The lowest BCUT2D eigenvalue weighted by Gasteiger charge is -2.21. The maximum atomic E-state index is 11.9. The number of nitrogens with one attached hydrogen (secondary N) is 1. The van der Waals surface area contributed by atoms with Crippen LogP contribution in [0, 0.1) is 5.92 Å². The third-order valence-corrected chi connectivity index (χ3v) is 2.61. The van der Waals surface area contributed by atoms with Crippen LogP contribution >= 0.6 is 0 Å². The summed E-state index contributed by atoms with van der Waals surface area (Å²) in [5.41, 5.74) is 0.737. The molecule has 1 fully saturated rings. The predicted molar refractivity (Wildman–Crippen MR) is 54.2 cm³/mol. The molecule has 1 saturated heterocycles. The molecule has 0 aromatic carbocycles. The largest absolute Gasteiger partial charge is 0.316 e. The van der Waals surface area contributed by atoms with E-state index in [9.17, 15) is 4.79 Å². The molecule has 1 atom stereocenters. The standard InChI is InChI=1S/C11H14N2O/c14-11(9-3-1-5-12-7-9)10-4-2-6-13-8-10/h1,3,5,7,10,13H,2,4,6,8H2/t10-/m1/s1. The van der Waals surface area contributed by atoms with E-state index in [4.69, 9.17) is 0 Å². The van der Waals surface area contributed by atoms with E-state index in [-0.39, 0.29) is 11.7 Å². The van der Waals surface area contributed by atoms with Crippen molar-refractivity contribution in [3.63, 3.8) is 0 Å². The monoisotopic (exact) mass is 190 g/mol. The van der Waals surface area contributed by atoms with Crippen LogP contribution in [-0.4, -0.2) is 23.9 Å². The number of rotatable bonds is 2. The van der Waals surface area contributed by atoms with Gasteiger partial charge in [0.1, 0.15) is 0 Å². The van der Waals surface area contributed by atoms with Gasteiger partial charge in [0.15, 0.2) is 5.78 Å². The number of aromatic nitrogens is 1. The third-order valence-electron chi connectivity index (χ3n) is 2.61. The number of Topliss-reactive ketones (excluding diaryl/α,β-unsaturated/α-hetero) is 1. The van der Waals surface area contributed by atoms with E-state index in [1.165, 1.54) is 0 Å². The second-order valence-corrected chi connectivity index (χ2v) is 3.65. The first-order valence-corrected chi connectivity index (χ1v) is 5.03. The molecule has 1 aliphatic rings. The molecule has 14 heavy (non-hydrogen) atoms. The zero-order chi connectivity index (χ0) is 9.80. The quantitative estimate of drug-likeness (QED) is 0.714. The predicted octanol–water partition coefficient (Wildman–Crippen LogP) is 1.26. The Labute approximate surface area is 83.5 Å². The van der Waals surface area contributed by atoms with E-state index in [2.05, 4.69) is 10.3 Å². The van der Waals surface area contributed by atoms with Crippen molar-refractivity contribution in [2.75, 3.05) is 13.1 Å². The lowest BCUT2D eigenvalue weighted by Crippen LogP contribution is -2.34.